The summed E-state index contributed by atoms with van der Waals surface area (Å²) in [6, 6.07) is 6.16. The first-order valence-corrected chi connectivity index (χ1v) is 5.43. The maximum atomic E-state index is 13.1. The Morgan fingerprint density at radius 3 is 2.53 bits per heavy atom. The molecular weight excluding hydrogens is 252 g/mol. The van der Waals surface area contributed by atoms with Crippen molar-refractivity contribution >= 4 is 17.4 Å². The highest BCUT2D eigenvalue weighted by atomic mass is 19.2. The number of halogens is 2. The molecule has 0 bridgehead atoms. The second-order valence-electron chi connectivity index (χ2n) is 3.93. The highest BCUT2D eigenvalue weighted by Gasteiger charge is 2.15. The van der Waals surface area contributed by atoms with Crippen LogP contribution in [0.1, 0.15) is 10.4 Å². The molecule has 0 spiro atoms. The van der Waals surface area contributed by atoms with E-state index in [2.05, 4.69) is 4.98 Å². The molecule has 0 atom stereocenters. The lowest BCUT2D eigenvalue weighted by atomic mass is 10.2. The summed E-state index contributed by atoms with van der Waals surface area (Å²) in [7, 11) is 1.51. The van der Waals surface area contributed by atoms with Gasteiger partial charge in [0.15, 0.2) is 11.6 Å². The molecule has 19 heavy (non-hydrogen) atoms. The van der Waals surface area contributed by atoms with Crippen molar-refractivity contribution in [2.45, 2.75) is 0 Å². The normalized spacial score (nSPS) is 10.3. The van der Waals surface area contributed by atoms with Crippen molar-refractivity contribution in [1.29, 1.82) is 0 Å². The molecule has 6 heteroatoms. The third-order valence-corrected chi connectivity index (χ3v) is 2.63. The number of nitrogen functional groups attached to an aromatic ring is 1. The zero-order valence-electron chi connectivity index (χ0n) is 10.1. The number of nitrogens with zero attached hydrogens (tertiary/aromatic N) is 2. The number of pyridine rings is 1. The van der Waals surface area contributed by atoms with Crippen molar-refractivity contribution < 1.29 is 13.6 Å². The topological polar surface area (TPSA) is 59.2 Å². The van der Waals surface area contributed by atoms with Gasteiger partial charge in [0.1, 0.15) is 5.82 Å². The summed E-state index contributed by atoms with van der Waals surface area (Å²) >= 11 is 0. The first-order chi connectivity index (χ1) is 8.99. The number of carbonyl (C=O) groups is 1. The van der Waals surface area contributed by atoms with Gasteiger partial charge in [0, 0.05) is 12.6 Å². The monoisotopic (exact) mass is 263 g/mol. The number of hydrogen-bond donors (Lipinski definition) is 1. The Balaban J connectivity index is 2.28. The van der Waals surface area contributed by atoms with Crippen molar-refractivity contribution in [3.8, 4) is 0 Å². The standard InChI is InChI=1S/C13H11F2N3O/c1-18(9-3-5-12(16)17-7-9)13(19)8-2-4-10(14)11(15)6-8/h2-7H,1H3,(H2,16,17). The van der Waals surface area contributed by atoms with Crippen LogP contribution < -0.4 is 10.6 Å². The van der Waals surface area contributed by atoms with E-state index in [1.54, 1.807) is 12.1 Å². The molecule has 0 aliphatic carbocycles. The van der Waals surface area contributed by atoms with E-state index >= 15 is 0 Å². The molecule has 0 fully saturated rings. The second kappa shape index (κ2) is 5.01. The molecule has 0 radical (unpaired) electrons. The van der Waals surface area contributed by atoms with E-state index in [-0.39, 0.29) is 5.56 Å². The molecule has 0 saturated heterocycles. The van der Waals surface area contributed by atoms with Crippen molar-refractivity contribution in [3.05, 3.63) is 53.7 Å². The van der Waals surface area contributed by atoms with Gasteiger partial charge in [-0.3, -0.25) is 4.79 Å². The number of benzene rings is 1. The van der Waals surface area contributed by atoms with Crippen LogP contribution >= 0.6 is 0 Å². The zero-order valence-corrected chi connectivity index (χ0v) is 10.1. The molecule has 1 heterocycles. The largest absolute Gasteiger partial charge is 0.384 e. The highest BCUT2D eigenvalue weighted by molar-refractivity contribution is 6.05. The van der Waals surface area contributed by atoms with Gasteiger partial charge < -0.3 is 10.6 Å². The first-order valence-electron chi connectivity index (χ1n) is 5.43. The smallest absolute Gasteiger partial charge is 0.258 e. The summed E-state index contributed by atoms with van der Waals surface area (Å²) in [5.74, 6) is -2.19. The summed E-state index contributed by atoms with van der Waals surface area (Å²) < 4.78 is 25.9. The fraction of sp³-hybridized carbons (Fsp3) is 0.0769. The molecule has 1 aromatic carbocycles. The van der Waals surface area contributed by atoms with Crippen molar-refractivity contribution in [2.75, 3.05) is 17.7 Å². The predicted octanol–water partition coefficient (Wildman–Crippen LogP) is 2.22. The Morgan fingerprint density at radius 1 is 1.21 bits per heavy atom. The molecule has 1 aromatic heterocycles. The first kappa shape index (κ1) is 12.9. The lowest BCUT2D eigenvalue weighted by Crippen LogP contribution is -2.26. The minimum Gasteiger partial charge on any atom is -0.384 e. The molecule has 2 aromatic rings. The van der Waals surface area contributed by atoms with E-state index in [1.165, 1.54) is 24.2 Å². The summed E-state index contributed by atoms with van der Waals surface area (Å²) in [6.07, 6.45) is 1.42. The van der Waals surface area contributed by atoms with Crippen LogP contribution in [0.3, 0.4) is 0 Å². The number of amides is 1. The lowest BCUT2D eigenvalue weighted by Gasteiger charge is -2.17. The van der Waals surface area contributed by atoms with Crippen molar-refractivity contribution in [2.24, 2.45) is 0 Å². The maximum Gasteiger partial charge on any atom is 0.258 e. The molecule has 4 nitrogen and oxygen atoms in total. The van der Waals surface area contributed by atoms with Crippen LogP contribution in [0.15, 0.2) is 36.5 Å². The van der Waals surface area contributed by atoms with Gasteiger partial charge in [0.25, 0.3) is 5.91 Å². The molecule has 0 aliphatic heterocycles. The summed E-state index contributed by atoms with van der Waals surface area (Å²) in [5.41, 5.74) is 6.00. The molecule has 0 saturated carbocycles. The summed E-state index contributed by atoms with van der Waals surface area (Å²) in [5, 5.41) is 0. The van der Waals surface area contributed by atoms with Gasteiger partial charge >= 0.3 is 0 Å². The average Bonchev–Trinajstić information content (AvgIpc) is 2.41. The second-order valence-corrected chi connectivity index (χ2v) is 3.93. The van der Waals surface area contributed by atoms with Crippen LogP contribution in [0, 0.1) is 11.6 Å². The predicted molar refractivity (Wildman–Crippen MR) is 67.7 cm³/mol. The van der Waals surface area contributed by atoms with E-state index in [9.17, 15) is 13.6 Å². The van der Waals surface area contributed by atoms with Crippen LogP contribution in [-0.2, 0) is 0 Å². The Bertz CT molecular complexity index is 614. The van der Waals surface area contributed by atoms with E-state index in [0.29, 0.717) is 11.5 Å². The van der Waals surface area contributed by atoms with Crippen LogP contribution in [0.25, 0.3) is 0 Å². The minimum absolute atomic E-state index is 0.0539. The fourth-order valence-electron chi connectivity index (χ4n) is 1.54. The summed E-state index contributed by atoms with van der Waals surface area (Å²) in [6.45, 7) is 0. The molecule has 1 amide bonds. The van der Waals surface area contributed by atoms with Gasteiger partial charge in [-0.2, -0.15) is 0 Å². The van der Waals surface area contributed by atoms with Crippen LogP contribution in [0.4, 0.5) is 20.3 Å². The fourth-order valence-corrected chi connectivity index (χ4v) is 1.54. The Labute approximate surface area is 108 Å². The highest BCUT2D eigenvalue weighted by Crippen LogP contribution is 2.16. The SMILES string of the molecule is CN(C(=O)c1ccc(F)c(F)c1)c1ccc(N)nc1. The van der Waals surface area contributed by atoms with E-state index in [1.807, 2.05) is 0 Å². The Kier molecular flexibility index (Phi) is 3.41. The Morgan fingerprint density at radius 2 is 1.95 bits per heavy atom. The van der Waals surface area contributed by atoms with Crippen molar-refractivity contribution in [1.82, 2.24) is 4.98 Å². The molecule has 2 rings (SSSR count). The average molecular weight is 263 g/mol. The number of anilines is 2. The van der Waals surface area contributed by atoms with Crippen LogP contribution in [-0.4, -0.2) is 17.9 Å². The summed E-state index contributed by atoms with van der Waals surface area (Å²) in [4.78, 5) is 17.2. The number of aromatic nitrogens is 1. The van der Waals surface area contributed by atoms with Gasteiger partial charge in [-0.15, -0.1) is 0 Å². The maximum absolute atomic E-state index is 13.1. The van der Waals surface area contributed by atoms with E-state index in [0.717, 1.165) is 12.1 Å². The minimum atomic E-state index is -1.06. The van der Waals surface area contributed by atoms with Gasteiger partial charge in [0.2, 0.25) is 0 Å². The number of nitrogens with two attached hydrogens (primary N) is 1. The quantitative estimate of drug-likeness (QED) is 0.903. The zero-order chi connectivity index (χ0) is 14.0. The third-order valence-electron chi connectivity index (χ3n) is 2.63. The molecule has 0 aliphatic rings. The van der Waals surface area contributed by atoms with Crippen LogP contribution in [0.5, 0.6) is 0 Å². The van der Waals surface area contributed by atoms with Gasteiger partial charge in [0.05, 0.1) is 11.9 Å². The number of rotatable bonds is 2. The Hall–Kier alpha value is -2.50. The van der Waals surface area contributed by atoms with Gasteiger partial charge in [-0.05, 0) is 30.3 Å². The van der Waals surface area contributed by atoms with Gasteiger partial charge in [-0.25, -0.2) is 13.8 Å². The van der Waals surface area contributed by atoms with Gasteiger partial charge in [-0.1, -0.05) is 0 Å². The number of carbonyl (C=O) groups excluding carboxylic acids is 1. The molecular formula is C13H11F2N3O. The lowest BCUT2D eigenvalue weighted by molar-refractivity contribution is 0.0992. The molecule has 98 valence electrons. The molecule has 2 N–H and O–H groups in total. The number of hydrogen-bond acceptors (Lipinski definition) is 3. The molecule has 0 unspecified atom stereocenters. The third kappa shape index (κ3) is 2.67. The van der Waals surface area contributed by atoms with E-state index < -0.39 is 17.5 Å². The van der Waals surface area contributed by atoms with Crippen molar-refractivity contribution in [3.63, 3.8) is 0 Å². The van der Waals surface area contributed by atoms with E-state index in [4.69, 9.17) is 5.73 Å². The van der Waals surface area contributed by atoms with Crippen LogP contribution in [0.2, 0.25) is 0 Å².